The third-order valence-corrected chi connectivity index (χ3v) is 7.56. The molecule has 0 spiro atoms. The van der Waals surface area contributed by atoms with Crippen LogP contribution in [0, 0.1) is 0 Å². The van der Waals surface area contributed by atoms with Gasteiger partial charge in [-0.2, -0.15) is 0 Å². The Morgan fingerprint density at radius 2 is 1.57 bits per heavy atom. The number of sulfone groups is 1. The minimum absolute atomic E-state index is 0.284. The van der Waals surface area contributed by atoms with Gasteiger partial charge in [0.1, 0.15) is 12.4 Å². The molecule has 2 aliphatic heterocycles. The van der Waals surface area contributed by atoms with E-state index in [1.807, 2.05) is 18.2 Å². The zero-order valence-electron chi connectivity index (χ0n) is 15.4. The Kier molecular flexibility index (Phi) is 4.13. The molecular weight excluding hydrogens is 370 g/mol. The summed E-state index contributed by atoms with van der Waals surface area (Å²) in [5.74, 6) is 1.06. The highest BCUT2D eigenvalue weighted by molar-refractivity contribution is 7.91. The number of benzene rings is 3. The Morgan fingerprint density at radius 1 is 0.857 bits per heavy atom. The van der Waals surface area contributed by atoms with Crippen LogP contribution in [0.1, 0.15) is 17.9 Å². The minimum Gasteiger partial charge on any atom is -0.491 e. The van der Waals surface area contributed by atoms with Crippen LogP contribution in [0.4, 0.5) is 5.69 Å². The molecule has 2 atom stereocenters. The van der Waals surface area contributed by atoms with Crippen molar-refractivity contribution in [3.05, 3.63) is 84.4 Å². The van der Waals surface area contributed by atoms with Crippen LogP contribution in [0.3, 0.4) is 0 Å². The predicted octanol–water partition coefficient (Wildman–Crippen LogP) is 4.27. The monoisotopic (exact) mass is 391 g/mol. The van der Waals surface area contributed by atoms with Crippen LogP contribution in [0.25, 0.3) is 0 Å². The van der Waals surface area contributed by atoms with Gasteiger partial charge < -0.3 is 9.64 Å². The molecule has 2 heterocycles. The first kappa shape index (κ1) is 17.3. The maximum Gasteiger partial charge on any atom is 0.206 e. The number of anilines is 1. The maximum atomic E-state index is 12.9. The van der Waals surface area contributed by atoms with Crippen LogP contribution in [-0.2, 0) is 9.84 Å². The summed E-state index contributed by atoms with van der Waals surface area (Å²) in [7, 11) is -3.54. The molecule has 0 aliphatic carbocycles. The number of para-hydroxylation sites is 1. The second-order valence-electron chi connectivity index (χ2n) is 7.32. The summed E-state index contributed by atoms with van der Waals surface area (Å²) >= 11 is 0. The summed E-state index contributed by atoms with van der Waals surface area (Å²) in [5, 5.41) is 0. The summed E-state index contributed by atoms with van der Waals surface area (Å²) in [5.41, 5.74) is 2.33. The summed E-state index contributed by atoms with van der Waals surface area (Å²) in [4.78, 5) is 3.00. The Bertz CT molecular complexity index is 1100. The minimum atomic E-state index is -3.54. The highest BCUT2D eigenvalue weighted by atomic mass is 32.2. The van der Waals surface area contributed by atoms with Gasteiger partial charge in [0, 0.05) is 18.2 Å². The van der Waals surface area contributed by atoms with Crippen LogP contribution < -0.4 is 9.64 Å². The van der Waals surface area contributed by atoms with Gasteiger partial charge in [0.25, 0.3) is 0 Å². The molecule has 4 nitrogen and oxygen atoms in total. The van der Waals surface area contributed by atoms with E-state index in [2.05, 4.69) is 29.2 Å². The van der Waals surface area contributed by atoms with Crippen molar-refractivity contribution in [3.63, 3.8) is 0 Å². The third-order valence-electron chi connectivity index (χ3n) is 5.79. The summed E-state index contributed by atoms with van der Waals surface area (Å²) in [6.07, 6.45) is 1.04. The van der Waals surface area contributed by atoms with E-state index in [4.69, 9.17) is 4.74 Å². The topological polar surface area (TPSA) is 46.6 Å². The molecule has 0 bridgehead atoms. The lowest BCUT2D eigenvalue weighted by molar-refractivity contribution is 0.249. The van der Waals surface area contributed by atoms with Crippen molar-refractivity contribution in [3.8, 4) is 5.75 Å². The molecule has 3 aromatic rings. The largest absolute Gasteiger partial charge is 0.491 e. The molecule has 142 valence electrons. The molecule has 0 radical (unpaired) electrons. The van der Waals surface area contributed by atoms with E-state index in [1.165, 1.54) is 5.69 Å². The molecule has 28 heavy (non-hydrogen) atoms. The highest BCUT2D eigenvalue weighted by Crippen LogP contribution is 2.44. The van der Waals surface area contributed by atoms with Gasteiger partial charge in [-0.25, -0.2) is 8.42 Å². The lowest BCUT2D eigenvalue weighted by Gasteiger charge is -2.34. The van der Waals surface area contributed by atoms with Crippen LogP contribution in [-0.4, -0.2) is 27.6 Å². The molecule has 2 aliphatic rings. The van der Waals surface area contributed by atoms with E-state index in [0.29, 0.717) is 23.2 Å². The van der Waals surface area contributed by atoms with E-state index >= 15 is 0 Å². The first-order valence-corrected chi connectivity index (χ1v) is 11.0. The molecule has 0 amide bonds. The van der Waals surface area contributed by atoms with E-state index in [-0.39, 0.29) is 10.9 Å². The number of nitrogens with zero attached hydrogens (tertiary/aromatic N) is 1. The van der Waals surface area contributed by atoms with E-state index in [0.717, 1.165) is 18.5 Å². The number of rotatable bonds is 3. The van der Waals surface area contributed by atoms with Gasteiger partial charge in [0.2, 0.25) is 9.84 Å². The van der Waals surface area contributed by atoms with Crippen molar-refractivity contribution in [2.45, 2.75) is 28.2 Å². The molecule has 2 unspecified atom stereocenters. The fourth-order valence-electron chi connectivity index (χ4n) is 4.39. The number of ether oxygens (including phenoxy) is 1. The summed E-state index contributed by atoms with van der Waals surface area (Å²) in [6, 6.07) is 24.6. The zero-order chi connectivity index (χ0) is 19.1. The summed E-state index contributed by atoms with van der Waals surface area (Å²) in [6.45, 7) is 1.55. The molecule has 5 rings (SSSR count). The quantitative estimate of drug-likeness (QED) is 0.669. The van der Waals surface area contributed by atoms with Gasteiger partial charge in [-0.15, -0.1) is 0 Å². The van der Waals surface area contributed by atoms with Crippen molar-refractivity contribution in [2.75, 3.05) is 18.1 Å². The van der Waals surface area contributed by atoms with Crippen molar-refractivity contribution in [2.24, 2.45) is 0 Å². The van der Waals surface area contributed by atoms with Crippen molar-refractivity contribution in [1.29, 1.82) is 0 Å². The summed E-state index contributed by atoms with van der Waals surface area (Å²) < 4.78 is 31.9. The molecule has 0 saturated carbocycles. The van der Waals surface area contributed by atoms with E-state index in [9.17, 15) is 8.42 Å². The normalized spacial score (nSPS) is 20.9. The van der Waals surface area contributed by atoms with Gasteiger partial charge in [0.05, 0.1) is 15.8 Å². The Morgan fingerprint density at radius 3 is 2.32 bits per heavy atom. The van der Waals surface area contributed by atoms with Crippen LogP contribution in [0.15, 0.2) is 88.7 Å². The number of hydrogen-bond acceptors (Lipinski definition) is 4. The van der Waals surface area contributed by atoms with Gasteiger partial charge in [-0.05, 0) is 48.4 Å². The van der Waals surface area contributed by atoms with E-state index < -0.39 is 9.84 Å². The van der Waals surface area contributed by atoms with Crippen molar-refractivity contribution in [1.82, 2.24) is 0 Å². The first-order valence-electron chi connectivity index (χ1n) is 9.53. The SMILES string of the molecule is O=S(=O)(c1ccccc1)c1ccc2c(c1)OCC1C2CCN1c1ccccc1. The van der Waals surface area contributed by atoms with Gasteiger partial charge in [0.15, 0.2) is 0 Å². The lowest BCUT2D eigenvalue weighted by Crippen LogP contribution is -2.39. The zero-order valence-corrected chi connectivity index (χ0v) is 16.2. The molecular formula is C23H21NO3S. The number of fused-ring (bicyclic) bond motifs is 3. The van der Waals surface area contributed by atoms with Crippen LogP contribution >= 0.6 is 0 Å². The predicted molar refractivity (Wildman–Crippen MR) is 109 cm³/mol. The average molecular weight is 391 g/mol. The Balaban J connectivity index is 1.47. The molecule has 1 saturated heterocycles. The van der Waals surface area contributed by atoms with Gasteiger partial charge in [-0.3, -0.25) is 0 Å². The molecule has 3 aromatic carbocycles. The maximum absolute atomic E-state index is 12.9. The smallest absolute Gasteiger partial charge is 0.206 e. The average Bonchev–Trinajstić information content (AvgIpc) is 3.19. The molecule has 1 fully saturated rings. The van der Waals surface area contributed by atoms with Crippen molar-refractivity contribution >= 4 is 15.5 Å². The van der Waals surface area contributed by atoms with Gasteiger partial charge in [-0.1, -0.05) is 42.5 Å². The van der Waals surface area contributed by atoms with Gasteiger partial charge >= 0.3 is 0 Å². The Hall–Kier alpha value is -2.79. The van der Waals surface area contributed by atoms with Crippen LogP contribution in [0.5, 0.6) is 5.75 Å². The second-order valence-corrected chi connectivity index (χ2v) is 9.27. The second kappa shape index (κ2) is 6.67. The Labute approximate surface area is 165 Å². The molecule has 5 heteroatoms. The third kappa shape index (κ3) is 2.78. The molecule has 0 aromatic heterocycles. The number of hydrogen-bond donors (Lipinski definition) is 0. The fourth-order valence-corrected chi connectivity index (χ4v) is 5.68. The highest BCUT2D eigenvalue weighted by Gasteiger charge is 2.40. The fraction of sp³-hybridized carbons (Fsp3) is 0.217. The van der Waals surface area contributed by atoms with Crippen LogP contribution in [0.2, 0.25) is 0 Å². The molecule has 0 N–H and O–H groups in total. The van der Waals surface area contributed by atoms with E-state index in [1.54, 1.807) is 36.4 Å². The standard InChI is InChI=1S/C23H21NO3S/c25-28(26,18-9-5-2-6-10-18)19-11-12-21-20-13-14-24(17-7-3-1-4-8-17)22(20)16-27-23(21)15-19/h1-12,15,20,22H,13-14,16H2. The lowest BCUT2D eigenvalue weighted by atomic mass is 9.89. The first-order chi connectivity index (χ1) is 13.6. The van der Waals surface area contributed by atoms with Crippen molar-refractivity contribution < 1.29 is 13.2 Å².